The zero-order valence-electron chi connectivity index (χ0n) is 18.2. The number of benzene rings is 1. The maximum atomic E-state index is 13.1. The molecule has 9 heteroatoms. The number of aromatic nitrogens is 3. The molecular weight excluding hydrogens is 421 g/mol. The quantitative estimate of drug-likeness (QED) is 0.623. The van der Waals surface area contributed by atoms with Gasteiger partial charge in [0, 0.05) is 37.1 Å². The molecule has 0 spiro atoms. The van der Waals surface area contributed by atoms with Crippen LogP contribution in [0.3, 0.4) is 0 Å². The van der Waals surface area contributed by atoms with Crippen molar-refractivity contribution >= 4 is 16.7 Å². The highest BCUT2D eigenvalue weighted by Gasteiger charge is 2.32. The van der Waals surface area contributed by atoms with Crippen LogP contribution in [0, 0.1) is 6.92 Å². The summed E-state index contributed by atoms with van der Waals surface area (Å²) < 4.78 is 46.6. The Kier molecular flexibility index (Phi) is 5.70. The molecule has 3 heterocycles. The zero-order chi connectivity index (χ0) is 23.1. The van der Waals surface area contributed by atoms with Crippen molar-refractivity contribution in [2.45, 2.75) is 51.4 Å². The highest BCUT2D eigenvalue weighted by Crippen LogP contribution is 2.33. The molecule has 1 fully saturated rings. The largest absolute Gasteiger partial charge is 0.416 e. The number of rotatable bonds is 4. The van der Waals surface area contributed by atoms with Crippen LogP contribution >= 0.6 is 0 Å². The Morgan fingerprint density at radius 1 is 1.19 bits per heavy atom. The summed E-state index contributed by atoms with van der Waals surface area (Å²) in [4.78, 5) is 21.8. The average molecular weight is 446 g/mol. The van der Waals surface area contributed by atoms with E-state index in [2.05, 4.69) is 15.3 Å². The number of fused-ring (bicyclic) bond motifs is 1. The van der Waals surface area contributed by atoms with Crippen molar-refractivity contribution in [3.05, 3.63) is 63.8 Å². The van der Waals surface area contributed by atoms with Crippen molar-refractivity contribution in [2.75, 3.05) is 18.5 Å². The van der Waals surface area contributed by atoms with Gasteiger partial charge in [-0.1, -0.05) is 12.1 Å². The number of ether oxygens (including phenoxy) is 1. The summed E-state index contributed by atoms with van der Waals surface area (Å²) in [7, 11) is 0. The third-order valence-corrected chi connectivity index (χ3v) is 6.06. The molecule has 3 aromatic rings. The number of anilines is 1. The molecule has 1 atom stereocenters. The van der Waals surface area contributed by atoms with Crippen molar-refractivity contribution in [1.82, 2.24) is 14.5 Å². The van der Waals surface area contributed by atoms with Gasteiger partial charge in [0.2, 0.25) is 0 Å². The van der Waals surface area contributed by atoms with Crippen LogP contribution in [0.5, 0.6) is 0 Å². The zero-order valence-corrected chi connectivity index (χ0v) is 18.2. The van der Waals surface area contributed by atoms with Crippen LogP contribution in [-0.2, 0) is 16.5 Å². The monoisotopic (exact) mass is 446 g/mol. The van der Waals surface area contributed by atoms with Crippen LogP contribution in [0.2, 0.25) is 0 Å². The molecule has 4 rings (SSSR count). The summed E-state index contributed by atoms with van der Waals surface area (Å²) in [5.74, 6) is 0.937. The predicted octanol–water partition coefficient (Wildman–Crippen LogP) is 4.82. The predicted molar refractivity (Wildman–Crippen MR) is 116 cm³/mol. The number of pyridine rings is 1. The number of nitrogens with zero attached hydrogens (tertiary/aromatic N) is 3. The van der Waals surface area contributed by atoms with E-state index in [0.717, 1.165) is 12.1 Å². The van der Waals surface area contributed by atoms with E-state index in [1.807, 2.05) is 6.92 Å². The molecule has 2 aromatic heterocycles. The molecule has 0 bridgehead atoms. The molecule has 1 N–H and O–H groups in total. The van der Waals surface area contributed by atoms with Crippen LogP contribution < -0.4 is 10.9 Å². The highest BCUT2D eigenvalue weighted by atomic mass is 19.4. The normalized spacial score (nSPS) is 17.3. The minimum Gasteiger partial charge on any atom is -0.381 e. The van der Waals surface area contributed by atoms with Gasteiger partial charge in [0.1, 0.15) is 11.6 Å². The smallest absolute Gasteiger partial charge is 0.381 e. The molecule has 1 aliphatic rings. The summed E-state index contributed by atoms with van der Waals surface area (Å²) >= 11 is 0. The van der Waals surface area contributed by atoms with Crippen LogP contribution in [0.25, 0.3) is 10.9 Å². The lowest BCUT2D eigenvalue weighted by Crippen LogP contribution is -2.42. The third kappa shape index (κ3) is 4.34. The lowest BCUT2D eigenvalue weighted by atomic mass is 9.92. The van der Waals surface area contributed by atoms with Crippen molar-refractivity contribution in [1.29, 1.82) is 0 Å². The van der Waals surface area contributed by atoms with Crippen molar-refractivity contribution in [2.24, 2.45) is 0 Å². The molecule has 1 aliphatic heterocycles. The lowest BCUT2D eigenvalue weighted by Gasteiger charge is -2.35. The fourth-order valence-corrected chi connectivity index (χ4v) is 4.08. The summed E-state index contributed by atoms with van der Waals surface area (Å²) in [6.07, 6.45) is -1.25. The number of nitrogens with one attached hydrogen (secondary N) is 1. The van der Waals surface area contributed by atoms with Gasteiger partial charge in [0.15, 0.2) is 0 Å². The van der Waals surface area contributed by atoms with Gasteiger partial charge in [-0.05, 0) is 51.3 Å². The first-order valence-electron chi connectivity index (χ1n) is 10.5. The maximum absolute atomic E-state index is 13.1. The maximum Gasteiger partial charge on any atom is 0.416 e. The van der Waals surface area contributed by atoms with Gasteiger partial charge in [0.25, 0.3) is 5.56 Å². The number of aryl methyl sites for hydroxylation is 1. The summed E-state index contributed by atoms with van der Waals surface area (Å²) in [6.45, 7) is 6.65. The Balaban J connectivity index is 1.75. The van der Waals surface area contributed by atoms with E-state index < -0.39 is 23.3 Å². The van der Waals surface area contributed by atoms with E-state index in [0.29, 0.717) is 54.2 Å². The molecule has 0 aliphatic carbocycles. The van der Waals surface area contributed by atoms with E-state index in [9.17, 15) is 18.0 Å². The summed E-state index contributed by atoms with van der Waals surface area (Å²) in [6, 6.07) is 6.26. The van der Waals surface area contributed by atoms with Gasteiger partial charge in [-0.25, -0.2) is 9.97 Å². The van der Waals surface area contributed by atoms with Crippen LogP contribution in [0.1, 0.15) is 49.7 Å². The molecule has 1 aromatic carbocycles. The first kappa shape index (κ1) is 22.3. The molecule has 6 nitrogen and oxygen atoms in total. The molecule has 0 radical (unpaired) electrons. The lowest BCUT2D eigenvalue weighted by molar-refractivity contribution is -0.137. The number of hydrogen-bond donors (Lipinski definition) is 1. The van der Waals surface area contributed by atoms with Crippen molar-refractivity contribution in [3.8, 4) is 0 Å². The third-order valence-electron chi connectivity index (χ3n) is 6.06. The molecule has 0 unspecified atom stereocenters. The summed E-state index contributed by atoms with van der Waals surface area (Å²) in [5, 5.41) is 3.86. The standard InChI is InChI=1S/C23H25F3N4O2/c1-14(16-5-4-6-17(11-16)23(24,25)26)27-21-18-13-30(22(3)7-9-32-10-8-22)20(31)12-19(18)28-15(2)29-21/h4-6,11-14H,7-10H2,1-3H3,(H,27,28,29)/t14-/m0/s1. The molecule has 0 saturated carbocycles. The molecular formula is C23H25F3N4O2. The van der Waals surface area contributed by atoms with Crippen molar-refractivity contribution < 1.29 is 17.9 Å². The second kappa shape index (κ2) is 8.20. The minimum atomic E-state index is -4.41. The number of alkyl halides is 3. The topological polar surface area (TPSA) is 69.0 Å². The van der Waals surface area contributed by atoms with E-state index in [1.165, 1.54) is 12.1 Å². The molecule has 170 valence electrons. The first-order valence-corrected chi connectivity index (χ1v) is 10.5. The van der Waals surface area contributed by atoms with Gasteiger partial charge in [-0.3, -0.25) is 4.79 Å². The Morgan fingerprint density at radius 3 is 2.59 bits per heavy atom. The second-order valence-corrected chi connectivity index (χ2v) is 8.50. The van der Waals surface area contributed by atoms with Gasteiger partial charge in [0.05, 0.1) is 16.5 Å². The van der Waals surface area contributed by atoms with E-state index in [-0.39, 0.29) is 5.56 Å². The molecule has 1 saturated heterocycles. The summed E-state index contributed by atoms with van der Waals surface area (Å²) in [5.41, 5.74) is -0.272. The van der Waals surface area contributed by atoms with Gasteiger partial charge >= 0.3 is 6.18 Å². The average Bonchev–Trinajstić information content (AvgIpc) is 2.73. The van der Waals surface area contributed by atoms with Crippen molar-refractivity contribution in [3.63, 3.8) is 0 Å². The van der Waals surface area contributed by atoms with E-state index in [1.54, 1.807) is 30.7 Å². The minimum absolute atomic E-state index is 0.156. The Hall–Kier alpha value is -2.94. The fourth-order valence-electron chi connectivity index (χ4n) is 4.08. The van der Waals surface area contributed by atoms with E-state index >= 15 is 0 Å². The van der Waals surface area contributed by atoms with Crippen LogP contribution in [0.15, 0.2) is 41.3 Å². The van der Waals surface area contributed by atoms with Crippen LogP contribution in [-0.4, -0.2) is 27.7 Å². The van der Waals surface area contributed by atoms with Gasteiger partial charge in [-0.15, -0.1) is 0 Å². The van der Waals surface area contributed by atoms with Crippen LogP contribution in [0.4, 0.5) is 19.0 Å². The number of hydrogen-bond acceptors (Lipinski definition) is 5. The fraction of sp³-hybridized carbons (Fsp3) is 0.435. The Morgan fingerprint density at radius 2 is 1.91 bits per heavy atom. The Bertz CT molecular complexity index is 1200. The second-order valence-electron chi connectivity index (χ2n) is 8.50. The molecule has 32 heavy (non-hydrogen) atoms. The van der Waals surface area contributed by atoms with Gasteiger partial charge < -0.3 is 14.6 Å². The first-order chi connectivity index (χ1) is 15.1. The van der Waals surface area contributed by atoms with E-state index in [4.69, 9.17) is 4.74 Å². The molecule has 0 amide bonds. The highest BCUT2D eigenvalue weighted by molar-refractivity contribution is 5.88. The number of halogens is 3. The van der Waals surface area contributed by atoms with Gasteiger partial charge in [-0.2, -0.15) is 13.2 Å². The Labute approximate surface area is 183 Å². The SMILES string of the molecule is Cc1nc(N[C@@H](C)c2cccc(C(F)(F)F)c2)c2cn(C3(C)CCOCC3)c(=O)cc2n1.